The number of hydrogen-bond acceptors (Lipinski definition) is 2. The van der Waals surface area contributed by atoms with Crippen LogP contribution in [0.5, 0.6) is 5.75 Å². The Balaban J connectivity index is 2.38. The van der Waals surface area contributed by atoms with E-state index in [1.165, 1.54) is 0 Å². The molecular weight excluding hydrogens is 316 g/mol. The molecule has 1 unspecified atom stereocenters. The summed E-state index contributed by atoms with van der Waals surface area (Å²) < 4.78 is 6.30. The fourth-order valence-electron chi connectivity index (χ4n) is 2.41. The SMILES string of the molecule is COc1ccc(C)cc1CC(C)(O)c1ccccc1Br. The molecule has 0 aliphatic heterocycles. The Kier molecular flexibility index (Phi) is 4.51. The third-order valence-corrected chi connectivity index (χ3v) is 4.12. The van der Waals surface area contributed by atoms with E-state index in [0.29, 0.717) is 6.42 Å². The molecule has 2 rings (SSSR count). The summed E-state index contributed by atoms with van der Waals surface area (Å²) in [5.74, 6) is 0.808. The summed E-state index contributed by atoms with van der Waals surface area (Å²) in [5, 5.41) is 10.8. The summed E-state index contributed by atoms with van der Waals surface area (Å²) in [5.41, 5.74) is 2.08. The molecule has 1 atom stereocenters. The lowest BCUT2D eigenvalue weighted by Crippen LogP contribution is -2.25. The molecule has 0 spiro atoms. The third-order valence-electron chi connectivity index (χ3n) is 3.42. The van der Waals surface area contributed by atoms with Crippen LogP contribution < -0.4 is 4.74 Å². The van der Waals surface area contributed by atoms with Gasteiger partial charge in [-0.2, -0.15) is 0 Å². The number of benzene rings is 2. The van der Waals surface area contributed by atoms with Crippen molar-refractivity contribution in [2.75, 3.05) is 7.11 Å². The highest BCUT2D eigenvalue weighted by molar-refractivity contribution is 9.10. The van der Waals surface area contributed by atoms with Gasteiger partial charge in [-0.3, -0.25) is 0 Å². The highest BCUT2D eigenvalue weighted by Gasteiger charge is 2.27. The second-order valence-electron chi connectivity index (χ2n) is 5.25. The zero-order chi connectivity index (χ0) is 14.8. The van der Waals surface area contributed by atoms with Gasteiger partial charge in [0.05, 0.1) is 12.7 Å². The molecule has 0 amide bonds. The quantitative estimate of drug-likeness (QED) is 0.907. The van der Waals surface area contributed by atoms with Crippen LogP contribution in [-0.4, -0.2) is 12.2 Å². The molecule has 0 bridgehead atoms. The summed E-state index contributed by atoms with van der Waals surface area (Å²) in [6, 6.07) is 13.8. The van der Waals surface area contributed by atoms with Crippen LogP contribution in [0.4, 0.5) is 0 Å². The molecule has 0 radical (unpaired) electrons. The van der Waals surface area contributed by atoms with Crippen molar-refractivity contribution in [3.05, 3.63) is 63.6 Å². The molecule has 0 saturated carbocycles. The lowest BCUT2D eigenvalue weighted by molar-refractivity contribution is 0.0562. The maximum Gasteiger partial charge on any atom is 0.122 e. The monoisotopic (exact) mass is 334 g/mol. The van der Waals surface area contributed by atoms with E-state index in [4.69, 9.17) is 4.74 Å². The van der Waals surface area contributed by atoms with Crippen LogP contribution in [0.25, 0.3) is 0 Å². The van der Waals surface area contributed by atoms with E-state index >= 15 is 0 Å². The largest absolute Gasteiger partial charge is 0.496 e. The predicted octanol–water partition coefficient (Wildman–Crippen LogP) is 4.22. The van der Waals surface area contributed by atoms with E-state index in [-0.39, 0.29) is 0 Å². The minimum Gasteiger partial charge on any atom is -0.496 e. The molecule has 0 saturated heterocycles. The third kappa shape index (κ3) is 3.22. The standard InChI is InChI=1S/C17H19BrO2/c1-12-8-9-16(20-3)13(10-12)11-17(2,19)14-6-4-5-7-15(14)18/h4-10,19H,11H2,1-3H3. The van der Waals surface area contributed by atoms with E-state index in [1.54, 1.807) is 7.11 Å². The van der Waals surface area contributed by atoms with Crippen molar-refractivity contribution in [2.24, 2.45) is 0 Å². The topological polar surface area (TPSA) is 29.5 Å². The van der Waals surface area contributed by atoms with E-state index in [1.807, 2.05) is 50.2 Å². The fraction of sp³-hybridized carbons (Fsp3) is 0.294. The normalized spacial score (nSPS) is 13.8. The predicted molar refractivity (Wildman–Crippen MR) is 85.1 cm³/mol. The van der Waals surface area contributed by atoms with Crippen LogP contribution in [-0.2, 0) is 12.0 Å². The maximum absolute atomic E-state index is 10.8. The Morgan fingerprint density at radius 2 is 1.90 bits per heavy atom. The molecule has 2 aromatic carbocycles. The van der Waals surface area contributed by atoms with Gasteiger partial charge in [-0.1, -0.05) is 51.8 Å². The summed E-state index contributed by atoms with van der Waals surface area (Å²) in [6.07, 6.45) is 0.500. The van der Waals surface area contributed by atoms with Crippen LogP contribution in [0.3, 0.4) is 0 Å². The summed E-state index contributed by atoms with van der Waals surface area (Å²) >= 11 is 3.50. The summed E-state index contributed by atoms with van der Waals surface area (Å²) in [4.78, 5) is 0. The van der Waals surface area contributed by atoms with Gasteiger partial charge in [-0.05, 0) is 37.1 Å². The molecule has 0 fully saturated rings. The van der Waals surface area contributed by atoms with Crippen molar-refractivity contribution in [1.29, 1.82) is 0 Å². The van der Waals surface area contributed by atoms with Crippen LogP contribution >= 0.6 is 15.9 Å². The molecule has 3 heteroatoms. The van der Waals surface area contributed by atoms with Gasteiger partial charge in [-0.15, -0.1) is 0 Å². The highest BCUT2D eigenvalue weighted by atomic mass is 79.9. The Morgan fingerprint density at radius 1 is 1.20 bits per heavy atom. The number of halogens is 1. The Morgan fingerprint density at radius 3 is 2.55 bits per heavy atom. The molecule has 0 aliphatic rings. The number of ether oxygens (including phenoxy) is 1. The summed E-state index contributed by atoms with van der Waals surface area (Å²) in [6.45, 7) is 3.87. The smallest absolute Gasteiger partial charge is 0.122 e. The lowest BCUT2D eigenvalue weighted by Gasteiger charge is -2.26. The molecule has 20 heavy (non-hydrogen) atoms. The second-order valence-corrected chi connectivity index (χ2v) is 6.10. The zero-order valence-electron chi connectivity index (χ0n) is 12.0. The highest BCUT2D eigenvalue weighted by Crippen LogP contribution is 2.33. The maximum atomic E-state index is 10.8. The minimum atomic E-state index is -0.957. The van der Waals surface area contributed by atoms with E-state index in [2.05, 4.69) is 22.0 Å². The second kappa shape index (κ2) is 5.98. The molecule has 2 nitrogen and oxygen atoms in total. The van der Waals surface area contributed by atoms with E-state index in [9.17, 15) is 5.11 Å². The van der Waals surface area contributed by atoms with Crippen molar-refractivity contribution in [1.82, 2.24) is 0 Å². The van der Waals surface area contributed by atoms with Crippen molar-refractivity contribution in [3.8, 4) is 5.75 Å². The van der Waals surface area contributed by atoms with Gasteiger partial charge in [-0.25, -0.2) is 0 Å². The number of rotatable bonds is 4. The minimum absolute atomic E-state index is 0.500. The number of methoxy groups -OCH3 is 1. The van der Waals surface area contributed by atoms with Crippen molar-refractivity contribution >= 4 is 15.9 Å². The molecule has 0 aliphatic carbocycles. The first-order valence-corrected chi connectivity index (χ1v) is 7.34. The van der Waals surface area contributed by atoms with Crippen LogP contribution in [0.2, 0.25) is 0 Å². The van der Waals surface area contributed by atoms with E-state index < -0.39 is 5.60 Å². The van der Waals surface area contributed by atoms with Gasteiger partial charge >= 0.3 is 0 Å². The van der Waals surface area contributed by atoms with Crippen LogP contribution in [0.1, 0.15) is 23.6 Å². The molecule has 1 N–H and O–H groups in total. The first-order chi connectivity index (χ1) is 9.44. The first-order valence-electron chi connectivity index (χ1n) is 6.55. The average Bonchev–Trinajstić information content (AvgIpc) is 2.39. The Hall–Kier alpha value is -1.32. The van der Waals surface area contributed by atoms with Crippen LogP contribution in [0.15, 0.2) is 46.9 Å². The van der Waals surface area contributed by atoms with Gasteiger partial charge in [0.1, 0.15) is 5.75 Å². The molecule has 2 aromatic rings. The van der Waals surface area contributed by atoms with Gasteiger partial charge in [0.25, 0.3) is 0 Å². The van der Waals surface area contributed by atoms with Gasteiger partial charge < -0.3 is 9.84 Å². The average molecular weight is 335 g/mol. The molecular formula is C17H19BrO2. The van der Waals surface area contributed by atoms with Crippen molar-refractivity contribution in [2.45, 2.75) is 25.9 Å². The molecule has 0 heterocycles. The Bertz CT molecular complexity index is 606. The zero-order valence-corrected chi connectivity index (χ0v) is 13.6. The molecule has 0 aromatic heterocycles. The number of aliphatic hydroxyl groups is 1. The van der Waals surface area contributed by atoms with Gasteiger partial charge in [0, 0.05) is 10.9 Å². The van der Waals surface area contributed by atoms with Crippen LogP contribution in [0, 0.1) is 6.92 Å². The fourth-order valence-corrected chi connectivity index (χ4v) is 3.12. The Labute approximate surface area is 128 Å². The van der Waals surface area contributed by atoms with Gasteiger partial charge in [0.15, 0.2) is 0 Å². The number of aryl methyl sites for hydroxylation is 1. The molecule has 106 valence electrons. The summed E-state index contributed by atoms with van der Waals surface area (Å²) in [7, 11) is 1.65. The number of hydrogen-bond donors (Lipinski definition) is 1. The first kappa shape index (κ1) is 15.1. The lowest BCUT2D eigenvalue weighted by atomic mass is 9.88. The van der Waals surface area contributed by atoms with E-state index in [0.717, 1.165) is 26.9 Å². The van der Waals surface area contributed by atoms with Gasteiger partial charge in [0.2, 0.25) is 0 Å². The van der Waals surface area contributed by atoms with Crippen molar-refractivity contribution < 1.29 is 9.84 Å². The van der Waals surface area contributed by atoms with Crippen molar-refractivity contribution in [3.63, 3.8) is 0 Å².